The van der Waals surface area contributed by atoms with Crippen LogP contribution >= 0.6 is 0 Å². The van der Waals surface area contributed by atoms with Gasteiger partial charge in [-0.25, -0.2) is 0 Å². The average Bonchev–Trinajstić information content (AvgIpc) is 2.05. The molecule has 0 aromatic rings. The quantitative estimate of drug-likeness (QED) is 0.682. The highest BCUT2D eigenvalue weighted by Crippen LogP contribution is 2.18. The molecule has 0 bridgehead atoms. The molecule has 1 aliphatic heterocycles. The maximum Gasteiger partial charge on any atom is -0.00205 e. The van der Waals surface area contributed by atoms with Crippen LogP contribution in [0, 0.1) is 11.8 Å². The molecular weight excluding hydrogens is 146 g/mol. The first-order valence-electron chi connectivity index (χ1n) is 5.49. The van der Waals surface area contributed by atoms with Gasteiger partial charge >= 0.3 is 0 Å². The molecule has 0 saturated carbocycles. The van der Waals surface area contributed by atoms with Crippen molar-refractivity contribution in [2.75, 3.05) is 13.1 Å². The highest BCUT2D eigenvalue weighted by atomic mass is 14.9. The second kappa shape index (κ2) is 5.58. The molecule has 12 heavy (non-hydrogen) atoms. The fourth-order valence-corrected chi connectivity index (χ4v) is 1.99. The first-order valence-corrected chi connectivity index (χ1v) is 5.49. The Labute approximate surface area is 76.9 Å². The summed E-state index contributed by atoms with van der Waals surface area (Å²) in [5, 5.41) is 3.47. The van der Waals surface area contributed by atoms with Crippen LogP contribution in [0.3, 0.4) is 0 Å². The van der Waals surface area contributed by atoms with Crippen molar-refractivity contribution < 1.29 is 0 Å². The predicted octanol–water partition coefficient (Wildman–Crippen LogP) is 2.81. The van der Waals surface area contributed by atoms with Gasteiger partial charge < -0.3 is 5.32 Å². The minimum absolute atomic E-state index is 0.890. The molecule has 0 amide bonds. The van der Waals surface area contributed by atoms with E-state index in [2.05, 4.69) is 19.2 Å². The smallest absolute Gasteiger partial charge is 0.00205 e. The van der Waals surface area contributed by atoms with E-state index >= 15 is 0 Å². The molecule has 0 aromatic heterocycles. The zero-order chi connectivity index (χ0) is 8.81. The van der Waals surface area contributed by atoms with Crippen LogP contribution < -0.4 is 5.32 Å². The van der Waals surface area contributed by atoms with E-state index in [0.29, 0.717) is 0 Å². The van der Waals surface area contributed by atoms with E-state index < -0.39 is 0 Å². The highest BCUT2D eigenvalue weighted by Gasteiger charge is 2.11. The summed E-state index contributed by atoms with van der Waals surface area (Å²) in [7, 11) is 0. The van der Waals surface area contributed by atoms with Crippen LogP contribution in [0.2, 0.25) is 0 Å². The molecule has 0 spiro atoms. The molecule has 1 saturated heterocycles. The van der Waals surface area contributed by atoms with Crippen molar-refractivity contribution in [1.29, 1.82) is 0 Å². The SMILES string of the molecule is CC(C)CCCC1CCCNC1. The van der Waals surface area contributed by atoms with E-state index in [-0.39, 0.29) is 0 Å². The van der Waals surface area contributed by atoms with Crippen molar-refractivity contribution >= 4 is 0 Å². The lowest BCUT2D eigenvalue weighted by atomic mass is 9.92. The maximum atomic E-state index is 3.47. The van der Waals surface area contributed by atoms with Gasteiger partial charge in [-0.2, -0.15) is 0 Å². The molecule has 0 radical (unpaired) electrons. The normalized spacial score (nSPS) is 24.8. The van der Waals surface area contributed by atoms with E-state index in [9.17, 15) is 0 Å². The van der Waals surface area contributed by atoms with Gasteiger partial charge in [0.1, 0.15) is 0 Å². The molecule has 1 atom stereocenters. The summed E-state index contributed by atoms with van der Waals surface area (Å²) in [5.41, 5.74) is 0. The second-order valence-electron chi connectivity index (χ2n) is 4.54. The largest absolute Gasteiger partial charge is 0.316 e. The highest BCUT2D eigenvalue weighted by molar-refractivity contribution is 4.68. The first-order chi connectivity index (χ1) is 5.79. The molecule has 1 heterocycles. The third kappa shape index (κ3) is 4.10. The molecule has 0 aromatic carbocycles. The van der Waals surface area contributed by atoms with E-state index in [1.807, 2.05) is 0 Å². The predicted molar refractivity (Wildman–Crippen MR) is 54.3 cm³/mol. The van der Waals surface area contributed by atoms with E-state index in [1.165, 1.54) is 45.2 Å². The average molecular weight is 169 g/mol. The third-order valence-electron chi connectivity index (χ3n) is 2.79. The standard InChI is InChI=1S/C11H23N/c1-10(2)5-3-6-11-7-4-8-12-9-11/h10-12H,3-9H2,1-2H3. The molecule has 1 N–H and O–H groups in total. The lowest BCUT2D eigenvalue weighted by Crippen LogP contribution is -2.29. The first kappa shape index (κ1) is 10.0. The Kier molecular flexibility index (Phi) is 4.67. The van der Waals surface area contributed by atoms with Crippen LogP contribution in [-0.4, -0.2) is 13.1 Å². The fourth-order valence-electron chi connectivity index (χ4n) is 1.99. The number of hydrogen-bond donors (Lipinski definition) is 1. The molecule has 1 fully saturated rings. The van der Waals surface area contributed by atoms with Gasteiger partial charge in [0.15, 0.2) is 0 Å². The molecule has 0 aliphatic carbocycles. The van der Waals surface area contributed by atoms with E-state index in [0.717, 1.165) is 11.8 Å². The van der Waals surface area contributed by atoms with Gasteiger partial charge in [-0.15, -0.1) is 0 Å². The summed E-state index contributed by atoms with van der Waals surface area (Å²) in [6, 6.07) is 0. The lowest BCUT2D eigenvalue weighted by Gasteiger charge is -2.22. The van der Waals surface area contributed by atoms with Crippen molar-refractivity contribution in [3.05, 3.63) is 0 Å². The zero-order valence-electron chi connectivity index (χ0n) is 8.60. The number of piperidine rings is 1. The van der Waals surface area contributed by atoms with Crippen LogP contribution in [-0.2, 0) is 0 Å². The van der Waals surface area contributed by atoms with Crippen LogP contribution in [0.25, 0.3) is 0 Å². The molecule has 1 aliphatic rings. The Bertz CT molecular complexity index is 104. The van der Waals surface area contributed by atoms with E-state index in [4.69, 9.17) is 0 Å². The van der Waals surface area contributed by atoms with Crippen LogP contribution in [0.5, 0.6) is 0 Å². The lowest BCUT2D eigenvalue weighted by molar-refractivity contribution is 0.340. The minimum Gasteiger partial charge on any atom is -0.316 e. The Hall–Kier alpha value is -0.0400. The Balaban J connectivity index is 1.98. The van der Waals surface area contributed by atoms with Gasteiger partial charge in [-0.05, 0) is 44.2 Å². The number of hydrogen-bond acceptors (Lipinski definition) is 1. The Morgan fingerprint density at radius 1 is 1.42 bits per heavy atom. The van der Waals surface area contributed by atoms with Crippen LogP contribution in [0.1, 0.15) is 46.0 Å². The van der Waals surface area contributed by atoms with Gasteiger partial charge in [-0.3, -0.25) is 0 Å². The molecule has 1 unspecified atom stereocenters. The summed E-state index contributed by atoms with van der Waals surface area (Å²) in [5.74, 6) is 1.87. The fraction of sp³-hybridized carbons (Fsp3) is 1.00. The van der Waals surface area contributed by atoms with Gasteiger partial charge in [0.2, 0.25) is 0 Å². The summed E-state index contributed by atoms with van der Waals surface area (Å²) >= 11 is 0. The van der Waals surface area contributed by atoms with Crippen LogP contribution in [0.15, 0.2) is 0 Å². The Morgan fingerprint density at radius 3 is 2.83 bits per heavy atom. The van der Waals surface area contributed by atoms with Gasteiger partial charge in [0, 0.05) is 0 Å². The molecule has 1 rings (SSSR count). The molecular formula is C11H23N. The summed E-state index contributed by atoms with van der Waals surface area (Å²) in [6.07, 6.45) is 7.16. The Morgan fingerprint density at radius 2 is 2.25 bits per heavy atom. The second-order valence-corrected chi connectivity index (χ2v) is 4.54. The summed E-state index contributed by atoms with van der Waals surface area (Å²) in [4.78, 5) is 0. The van der Waals surface area contributed by atoms with E-state index in [1.54, 1.807) is 0 Å². The maximum absolute atomic E-state index is 3.47. The molecule has 1 heteroatoms. The van der Waals surface area contributed by atoms with Crippen molar-refractivity contribution in [2.24, 2.45) is 11.8 Å². The monoisotopic (exact) mass is 169 g/mol. The van der Waals surface area contributed by atoms with Crippen molar-refractivity contribution in [3.8, 4) is 0 Å². The summed E-state index contributed by atoms with van der Waals surface area (Å²) < 4.78 is 0. The van der Waals surface area contributed by atoms with Gasteiger partial charge in [-0.1, -0.05) is 26.7 Å². The van der Waals surface area contributed by atoms with Crippen molar-refractivity contribution in [3.63, 3.8) is 0 Å². The number of rotatable bonds is 4. The zero-order valence-corrected chi connectivity index (χ0v) is 8.60. The van der Waals surface area contributed by atoms with Crippen molar-refractivity contribution in [2.45, 2.75) is 46.0 Å². The number of nitrogens with one attached hydrogen (secondary N) is 1. The summed E-state index contributed by atoms with van der Waals surface area (Å²) in [6.45, 7) is 7.16. The molecule has 72 valence electrons. The third-order valence-corrected chi connectivity index (χ3v) is 2.79. The minimum atomic E-state index is 0.890. The topological polar surface area (TPSA) is 12.0 Å². The van der Waals surface area contributed by atoms with Crippen molar-refractivity contribution in [1.82, 2.24) is 5.32 Å². The van der Waals surface area contributed by atoms with Gasteiger partial charge in [0.25, 0.3) is 0 Å². The molecule has 1 nitrogen and oxygen atoms in total. The van der Waals surface area contributed by atoms with Gasteiger partial charge in [0.05, 0.1) is 0 Å². The van der Waals surface area contributed by atoms with Crippen LogP contribution in [0.4, 0.5) is 0 Å².